The summed E-state index contributed by atoms with van der Waals surface area (Å²) in [5.41, 5.74) is 4.04. The van der Waals surface area contributed by atoms with Gasteiger partial charge in [0.2, 0.25) is 5.91 Å². The zero-order chi connectivity index (χ0) is 21.1. The zero-order valence-electron chi connectivity index (χ0n) is 17.5. The summed E-state index contributed by atoms with van der Waals surface area (Å²) in [6, 6.07) is 9.78. The van der Waals surface area contributed by atoms with Crippen LogP contribution in [-0.2, 0) is 11.2 Å². The third-order valence-corrected chi connectivity index (χ3v) is 6.35. The van der Waals surface area contributed by atoms with Gasteiger partial charge in [-0.1, -0.05) is 46.7 Å². The summed E-state index contributed by atoms with van der Waals surface area (Å²) in [6.07, 6.45) is 0.334. The lowest BCUT2D eigenvalue weighted by Gasteiger charge is -2.22. The second-order valence-electron chi connectivity index (χ2n) is 7.38. The van der Waals surface area contributed by atoms with Crippen LogP contribution < -0.4 is 9.64 Å². The number of carbonyl (C=O) groups is 1. The summed E-state index contributed by atoms with van der Waals surface area (Å²) in [6.45, 7) is 5.39. The van der Waals surface area contributed by atoms with E-state index < -0.39 is 0 Å². The second kappa shape index (κ2) is 9.11. The van der Waals surface area contributed by atoms with E-state index in [-0.39, 0.29) is 5.91 Å². The van der Waals surface area contributed by atoms with E-state index in [9.17, 15) is 4.79 Å². The van der Waals surface area contributed by atoms with Gasteiger partial charge in [-0.15, -0.1) is 0 Å². The van der Waals surface area contributed by atoms with E-state index in [0.29, 0.717) is 34.4 Å². The maximum atomic E-state index is 13.3. The molecule has 0 aliphatic carbocycles. The van der Waals surface area contributed by atoms with Crippen molar-refractivity contribution in [3.63, 3.8) is 0 Å². The van der Waals surface area contributed by atoms with Crippen molar-refractivity contribution in [1.29, 1.82) is 0 Å². The third kappa shape index (κ3) is 4.89. The summed E-state index contributed by atoms with van der Waals surface area (Å²) < 4.78 is 6.26. The van der Waals surface area contributed by atoms with Crippen molar-refractivity contribution in [3.05, 3.63) is 52.0 Å². The highest BCUT2D eigenvalue weighted by Gasteiger charge is 2.22. The summed E-state index contributed by atoms with van der Waals surface area (Å²) in [4.78, 5) is 21.8. The molecule has 3 aromatic rings. The first-order valence-electron chi connectivity index (χ1n) is 9.44. The van der Waals surface area contributed by atoms with Crippen LogP contribution in [0.5, 0.6) is 5.75 Å². The van der Waals surface area contributed by atoms with E-state index in [4.69, 9.17) is 21.3 Å². The zero-order valence-corrected chi connectivity index (χ0v) is 19.0. The van der Waals surface area contributed by atoms with Gasteiger partial charge in [-0.3, -0.25) is 9.69 Å². The van der Waals surface area contributed by atoms with Gasteiger partial charge in [0.05, 0.1) is 23.3 Å². The molecular weight excluding hydrogens is 406 g/mol. The Labute approximate surface area is 180 Å². The molecule has 1 aromatic heterocycles. The lowest BCUT2D eigenvalue weighted by molar-refractivity contribution is -0.118. The molecular formula is C22H26ClN3O2S. The number of amides is 1. The van der Waals surface area contributed by atoms with E-state index in [1.165, 1.54) is 16.9 Å². The third-order valence-electron chi connectivity index (χ3n) is 4.81. The first-order chi connectivity index (χ1) is 13.8. The highest BCUT2D eigenvalue weighted by atomic mass is 35.5. The first kappa shape index (κ1) is 21.6. The molecule has 0 bridgehead atoms. The molecule has 1 amide bonds. The van der Waals surface area contributed by atoms with E-state index in [2.05, 4.69) is 17.9 Å². The molecule has 0 atom stereocenters. The molecule has 3 rings (SSSR count). The van der Waals surface area contributed by atoms with Crippen LogP contribution in [0.15, 0.2) is 30.3 Å². The molecule has 0 unspecified atom stereocenters. The number of rotatable bonds is 7. The fraction of sp³-hybridized carbons (Fsp3) is 0.364. The minimum atomic E-state index is 0.0212. The molecule has 0 aliphatic rings. The van der Waals surface area contributed by atoms with Crippen LogP contribution in [0.4, 0.5) is 5.13 Å². The molecule has 29 heavy (non-hydrogen) atoms. The predicted molar refractivity (Wildman–Crippen MR) is 122 cm³/mol. The van der Waals surface area contributed by atoms with Crippen LogP contribution in [0.1, 0.15) is 16.7 Å². The normalized spacial score (nSPS) is 11.3. The Morgan fingerprint density at radius 3 is 2.59 bits per heavy atom. The lowest BCUT2D eigenvalue weighted by Crippen LogP contribution is -2.37. The van der Waals surface area contributed by atoms with Crippen LogP contribution in [0.2, 0.25) is 5.02 Å². The van der Waals surface area contributed by atoms with E-state index in [1.54, 1.807) is 24.1 Å². The molecule has 2 aromatic carbocycles. The topological polar surface area (TPSA) is 45.7 Å². The number of likely N-dealkylation sites (N-methyl/N-ethyl adjacent to an activating group) is 1. The van der Waals surface area contributed by atoms with Crippen molar-refractivity contribution in [1.82, 2.24) is 9.88 Å². The maximum absolute atomic E-state index is 13.3. The van der Waals surface area contributed by atoms with E-state index in [1.807, 2.05) is 33.2 Å². The first-order valence-corrected chi connectivity index (χ1v) is 10.6. The second-order valence-corrected chi connectivity index (χ2v) is 8.76. The molecule has 0 aliphatic heterocycles. The number of benzene rings is 2. The van der Waals surface area contributed by atoms with Crippen molar-refractivity contribution in [2.75, 3.05) is 39.2 Å². The van der Waals surface area contributed by atoms with Gasteiger partial charge in [0, 0.05) is 13.1 Å². The highest BCUT2D eigenvalue weighted by Crippen LogP contribution is 2.38. The predicted octanol–water partition coefficient (Wildman–Crippen LogP) is 4.71. The number of hydrogen-bond acceptors (Lipinski definition) is 5. The Bertz CT molecular complexity index is 1030. The van der Waals surface area contributed by atoms with E-state index in [0.717, 1.165) is 22.4 Å². The quantitative estimate of drug-likeness (QED) is 0.543. The molecule has 0 saturated carbocycles. The standard InChI is InChI=1S/C22H26ClN3O2S/c1-14-6-7-16(15(2)12-14)13-19(27)26(11-10-25(3)4)22-24-20-18(28-5)9-8-17(23)21(20)29-22/h6-9,12H,10-11,13H2,1-5H3. The number of nitrogens with zero attached hydrogens (tertiary/aromatic N) is 3. The number of aromatic nitrogens is 1. The number of thiazole rings is 1. The lowest BCUT2D eigenvalue weighted by atomic mass is 10.0. The number of carbonyl (C=O) groups excluding carboxylic acids is 1. The fourth-order valence-electron chi connectivity index (χ4n) is 3.15. The van der Waals surface area contributed by atoms with Crippen LogP contribution in [0.25, 0.3) is 10.2 Å². The summed E-state index contributed by atoms with van der Waals surface area (Å²) in [5, 5.41) is 1.25. The molecule has 0 N–H and O–H groups in total. The molecule has 1 heterocycles. The van der Waals surface area contributed by atoms with Gasteiger partial charge in [0.25, 0.3) is 0 Å². The van der Waals surface area contributed by atoms with Crippen molar-refractivity contribution >= 4 is 44.2 Å². The Morgan fingerprint density at radius 1 is 1.17 bits per heavy atom. The molecule has 0 fully saturated rings. The van der Waals surface area contributed by atoms with Gasteiger partial charge >= 0.3 is 0 Å². The van der Waals surface area contributed by atoms with Crippen LogP contribution in [-0.4, -0.2) is 50.1 Å². The number of halogens is 1. The van der Waals surface area contributed by atoms with Crippen LogP contribution >= 0.6 is 22.9 Å². The maximum Gasteiger partial charge on any atom is 0.233 e. The Hall–Kier alpha value is -2.15. The molecule has 154 valence electrons. The van der Waals surface area contributed by atoms with Crippen LogP contribution in [0.3, 0.4) is 0 Å². The van der Waals surface area contributed by atoms with Crippen molar-refractivity contribution in [3.8, 4) is 5.75 Å². The van der Waals surface area contributed by atoms with Gasteiger partial charge in [0.1, 0.15) is 11.3 Å². The summed E-state index contributed by atoms with van der Waals surface area (Å²) in [5.74, 6) is 0.675. The van der Waals surface area contributed by atoms with Gasteiger partial charge in [-0.25, -0.2) is 4.98 Å². The fourth-order valence-corrected chi connectivity index (χ4v) is 4.45. The number of ether oxygens (including phenoxy) is 1. The van der Waals surface area contributed by atoms with Crippen LogP contribution in [0, 0.1) is 13.8 Å². The highest BCUT2D eigenvalue weighted by molar-refractivity contribution is 7.23. The smallest absolute Gasteiger partial charge is 0.233 e. The van der Waals surface area contributed by atoms with Gasteiger partial charge < -0.3 is 9.64 Å². The Balaban J connectivity index is 1.97. The monoisotopic (exact) mass is 431 g/mol. The minimum Gasteiger partial charge on any atom is -0.494 e. The molecule has 0 spiro atoms. The van der Waals surface area contributed by atoms with Crippen molar-refractivity contribution in [2.45, 2.75) is 20.3 Å². The Kier molecular flexibility index (Phi) is 6.77. The minimum absolute atomic E-state index is 0.0212. The van der Waals surface area contributed by atoms with Gasteiger partial charge in [0.15, 0.2) is 5.13 Å². The summed E-state index contributed by atoms with van der Waals surface area (Å²) in [7, 11) is 5.59. The molecule has 0 saturated heterocycles. The number of methoxy groups -OCH3 is 1. The van der Waals surface area contributed by atoms with Gasteiger partial charge in [-0.05, 0) is 51.2 Å². The molecule has 5 nitrogen and oxygen atoms in total. The van der Waals surface area contributed by atoms with E-state index >= 15 is 0 Å². The molecule has 7 heteroatoms. The van der Waals surface area contributed by atoms with Gasteiger partial charge in [-0.2, -0.15) is 0 Å². The Morgan fingerprint density at radius 2 is 1.93 bits per heavy atom. The average molecular weight is 432 g/mol. The largest absolute Gasteiger partial charge is 0.494 e. The summed E-state index contributed by atoms with van der Waals surface area (Å²) >= 11 is 7.80. The molecule has 0 radical (unpaired) electrons. The number of fused-ring (bicyclic) bond motifs is 1. The number of anilines is 1. The number of hydrogen-bond donors (Lipinski definition) is 0. The van der Waals surface area contributed by atoms with Crippen molar-refractivity contribution < 1.29 is 9.53 Å². The van der Waals surface area contributed by atoms with Crippen molar-refractivity contribution in [2.24, 2.45) is 0 Å². The SMILES string of the molecule is COc1ccc(Cl)c2sc(N(CCN(C)C)C(=O)Cc3ccc(C)cc3C)nc12. The number of aryl methyl sites for hydroxylation is 2. The average Bonchev–Trinajstić information content (AvgIpc) is 3.10.